The van der Waals surface area contributed by atoms with Crippen molar-refractivity contribution in [3.63, 3.8) is 0 Å². The van der Waals surface area contributed by atoms with Gasteiger partial charge >= 0.3 is 0 Å². The molecule has 0 radical (unpaired) electrons. The molecular weight excluding hydrogens is 288 g/mol. The molecule has 1 amide bonds. The van der Waals surface area contributed by atoms with E-state index < -0.39 is 5.24 Å². The lowest BCUT2D eigenvalue weighted by atomic mass is 10.2. The van der Waals surface area contributed by atoms with Crippen molar-refractivity contribution >= 4 is 35.3 Å². The number of amides is 1. The van der Waals surface area contributed by atoms with Gasteiger partial charge in [-0.25, -0.2) is 11.7 Å². The minimum Gasteiger partial charge on any atom is -0.497 e. The lowest BCUT2D eigenvalue weighted by Crippen LogP contribution is -2.30. The van der Waals surface area contributed by atoms with Gasteiger partial charge in [0.25, 0.3) is 10.4 Å². The lowest BCUT2D eigenvalue weighted by molar-refractivity contribution is 0.261. The second-order valence-electron chi connectivity index (χ2n) is 3.02. The largest absolute Gasteiger partial charge is 0.497 e. The van der Waals surface area contributed by atoms with E-state index in [4.69, 9.17) is 27.5 Å². The summed E-state index contributed by atoms with van der Waals surface area (Å²) >= 11 is 7.94. The minimum absolute atomic E-state index is 0.181. The van der Waals surface area contributed by atoms with Crippen LogP contribution in [0.15, 0.2) is 24.3 Å². The summed E-state index contributed by atoms with van der Waals surface area (Å²) in [6, 6.07) is 7.52. The number of methoxy groups -OCH3 is 1. The Morgan fingerprint density at radius 1 is 1.32 bits per heavy atom. The summed E-state index contributed by atoms with van der Waals surface area (Å²) in [6.45, 7) is 0.396. The highest BCUT2D eigenvalue weighted by Gasteiger charge is 1.96. The van der Waals surface area contributed by atoms with Gasteiger partial charge in [0.1, 0.15) is 12.4 Å². The van der Waals surface area contributed by atoms with Crippen molar-refractivity contribution in [1.29, 1.82) is 0 Å². The van der Waals surface area contributed by atoms with Crippen LogP contribution in [0.25, 0.3) is 0 Å². The maximum atomic E-state index is 9.44. The van der Waals surface area contributed by atoms with Crippen molar-refractivity contribution in [2.75, 3.05) is 7.11 Å². The zero-order valence-corrected chi connectivity index (χ0v) is 12.0. The predicted molar refractivity (Wildman–Crippen MR) is 79.4 cm³/mol. The van der Waals surface area contributed by atoms with E-state index in [1.54, 1.807) is 12.5 Å². The summed E-state index contributed by atoms with van der Waals surface area (Å²) in [5.74, 6) is 10.4. The summed E-state index contributed by atoms with van der Waals surface area (Å²) in [4.78, 5) is 9.44. The van der Waals surface area contributed by atoms with Gasteiger partial charge in [-0.3, -0.25) is 15.6 Å². The maximum absolute atomic E-state index is 9.44. The van der Waals surface area contributed by atoms with E-state index in [1.165, 1.54) is 0 Å². The number of thiocarbonyl (C=S) groups is 1. The molecule has 9 heteroatoms. The van der Waals surface area contributed by atoms with Gasteiger partial charge < -0.3 is 9.47 Å². The Balaban J connectivity index is 0.000000555. The molecule has 0 fully saturated rings. The van der Waals surface area contributed by atoms with Gasteiger partial charge in [-0.15, -0.1) is 0 Å². The molecule has 0 aliphatic heterocycles. The molecule has 0 saturated heterocycles. The number of thiol groups is 1. The summed E-state index contributed by atoms with van der Waals surface area (Å²) < 4.78 is 10.1. The SMILES string of the molecule is COc1ccc(COC(=S)NN)cc1.NNC(=O)S. The number of nitrogens with two attached hydrogens (primary N) is 2. The smallest absolute Gasteiger partial charge is 0.289 e. The molecule has 0 aromatic heterocycles. The molecule has 19 heavy (non-hydrogen) atoms. The molecule has 6 N–H and O–H groups in total. The molecular formula is C10H16N4O3S2. The van der Waals surface area contributed by atoms with Crippen molar-refractivity contribution in [3.8, 4) is 5.75 Å². The van der Waals surface area contributed by atoms with Crippen LogP contribution in [0.1, 0.15) is 5.56 Å². The van der Waals surface area contributed by atoms with Crippen molar-refractivity contribution in [2.45, 2.75) is 6.61 Å². The van der Waals surface area contributed by atoms with Crippen LogP contribution in [-0.2, 0) is 11.3 Å². The van der Waals surface area contributed by atoms with Crippen LogP contribution in [-0.4, -0.2) is 17.5 Å². The Bertz CT molecular complexity index is 400. The highest BCUT2D eigenvalue weighted by molar-refractivity contribution is 7.96. The monoisotopic (exact) mass is 304 g/mol. The van der Waals surface area contributed by atoms with E-state index in [9.17, 15) is 4.79 Å². The van der Waals surface area contributed by atoms with Crippen LogP contribution in [0.5, 0.6) is 5.75 Å². The zero-order valence-electron chi connectivity index (χ0n) is 10.3. The number of hydrogen-bond acceptors (Lipinski definition) is 6. The molecule has 1 rings (SSSR count). The average molecular weight is 304 g/mol. The third-order valence-electron chi connectivity index (χ3n) is 1.77. The summed E-state index contributed by atoms with van der Waals surface area (Å²) in [5.41, 5.74) is 5.00. The first-order valence-electron chi connectivity index (χ1n) is 4.99. The molecule has 0 saturated carbocycles. The number of nitrogens with one attached hydrogen (secondary N) is 2. The first-order valence-corrected chi connectivity index (χ1v) is 5.84. The molecule has 1 aromatic carbocycles. The molecule has 0 spiro atoms. The fourth-order valence-corrected chi connectivity index (χ4v) is 0.971. The normalized spacial score (nSPS) is 8.63. The van der Waals surface area contributed by atoms with E-state index in [0.717, 1.165) is 11.3 Å². The fourth-order valence-electron chi connectivity index (χ4n) is 0.912. The Morgan fingerprint density at radius 3 is 2.21 bits per heavy atom. The van der Waals surface area contributed by atoms with Gasteiger partial charge in [0.05, 0.1) is 7.11 Å². The summed E-state index contributed by atoms with van der Waals surface area (Å²) in [5, 5.41) is -0.342. The molecule has 0 atom stereocenters. The van der Waals surface area contributed by atoms with Crippen LogP contribution in [0, 0.1) is 0 Å². The van der Waals surface area contributed by atoms with E-state index in [2.05, 4.69) is 23.9 Å². The number of hydrogen-bond donors (Lipinski definition) is 5. The standard InChI is InChI=1S/C9H12N2O2S.CH4N2OS/c1-12-8-4-2-7(3-5-8)6-13-9(14)11-10;2-3-1(4)5/h2-5H,6,10H2,1H3,(H,11,14);2H2,(H2,3,4,5). The van der Waals surface area contributed by atoms with E-state index in [1.807, 2.05) is 24.3 Å². The number of benzene rings is 1. The molecule has 0 unspecified atom stereocenters. The van der Waals surface area contributed by atoms with E-state index in [-0.39, 0.29) is 5.17 Å². The van der Waals surface area contributed by atoms with Crippen molar-refractivity contribution in [3.05, 3.63) is 29.8 Å². The predicted octanol–water partition coefficient (Wildman–Crippen LogP) is 0.459. The van der Waals surface area contributed by atoms with Crippen molar-refractivity contribution in [2.24, 2.45) is 11.7 Å². The van der Waals surface area contributed by atoms with Crippen LogP contribution in [0.2, 0.25) is 0 Å². The quantitative estimate of drug-likeness (QED) is 0.181. The zero-order chi connectivity index (χ0) is 14.7. The third-order valence-corrected chi connectivity index (χ3v) is 2.14. The molecule has 1 aromatic rings. The van der Waals surface area contributed by atoms with Gasteiger partial charge in [0.15, 0.2) is 0 Å². The number of hydrazine groups is 2. The highest BCUT2D eigenvalue weighted by Crippen LogP contribution is 2.11. The summed E-state index contributed by atoms with van der Waals surface area (Å²) in [6.07, 6.45) is 0. The maximum Gasteiger partial charge on any atom is 0.289 e. The van der Waals surface area contributed by atoms with Crippen molar-refractivity contribution in [1.82, 2.24) is 10.9 Å². The first-order chi connectivity index (χ1) is 9.03. The third kappa shape index (κ3) is 9.08. The number of ether oxygens (including phenoxy) is 2. The topological polar surface area (TPSA) is 112 Å². The van der Waals surface area contributed by atoms with Crippen molar-refractivity contribution < 1.29 is 14.3 Å². The van der Waals surface area contributed by atoms with Gasteiger partial charge in [-0.2, -0.15) is 0 Å². The van der Waals surface area contributed by atoms with Crippen LogP contribution >= 0.6 is 24.8 Å². The van der Waals surface area contributed by atoms with Gasteiger partial charge in [-0.1, -0.05) is 24.8 Å². The van der Waals surface area contributed by atoms with Crippen LogP contribution in [0.3, 0.4) is 0 Å². The highest BCUT2D eigenvalue weighted by atomic mass is 32.1. The molecule has 0 aliphatic carbocycles. The Morgan fingerprint density at radius 2 is 1.84 bits per heavy atom. The Kier molecular flexibility index (Phi) is 9.53. The van der Waals surface area contributed by atoms with Crippen LogP contribution < -0.4 is 27.3 Å². The summed E-state index contributed by atoms with van der Waals surface area (Å²) in [7, 11) is 1.62. The molecule has 7 nitrogen and oxygen atoms in total. The lowest BCUT2D eigenvalue weighted by Gasteiger charge is -2.06. The second kappa shape index (κ2) is 10.4. The molecule has 0 heterocycles. The van der Waals surface area contributed by atoms with Crippen LogP contribution in [0.4, 0.5) is 4.79 Å². The average Bonchev–Trinajstić information content (AvgIpc) is 2.45. The van der Waals surface area contributed by atoms with E-state index >= 15 is 0 Å². The minimum atomic E-state index is -0.523. The number of carbonyl (C=O) groups is 1. The molecule has 106 valence electrons. The van der Waals surface area contributed by atoms with Gasteiger partial charge in [0.2, 0.25) is 0 Å². The van der Waals surface area contributed by atoms with Gasteiger partial charge in [0, 0.05) is 0 Å². The first kappa shape index (κ1) is 17.4. The molecule has 0 bridgehead atoms. The fraction of sp³-hybridized carbons (Fsp3) is 0.200. The number of rotatable bonds is 3. The Hall–Kier alpha value is -1.55. The second-order valence-corrected chi connectivity index (χ2v) is 3.80. The van der Waals surface area contributed by atoms with Gasteiger partial charge in [-0.05, 0) is 29.9 Å². The molecule has 0 aliphatic rings. The van der Waals surface area contributed by atoms with E-state index in [0.29, 0.717) is 6.61 Å². The number of carbonyl (C=O) groups excluding carboxylic acids is 1. The Labute approximate surface area is 122 Å².